The summed E-state index contributed by atoms with van der Waals surface area (Å²) in [6.07, 6.45) is 1.74. The van der Waals surface area contributed by atoms with E-state index in [2.05, 4.69) is 20.9 Å². The maximum atomic E-state index is 5.73. The number of ether oxygens (including phenoxy) is 1. The quantitative estimate of drug-likeness (QED) is 0.855. The van der Waals surface area contributed by atoms with Gasteiger partial charge < -0.3 is 10.5 Å². The first-order valence-corrected chi connectivity index (χ1v) is 5.60. The van der Waals surface area contributed by atoms with Crippen molar-refractivity contribution in [3.05, 3.63) is 46.7 Å². The molecule has 2 N–H and O–H groups in total. The molecule has 0 spiro atoms. The maximum absolute atomic E-state index is 5.73. The Balaban J connectivity index is 2.31. The molecule has 4 heteroatoms. The number of hydrogen-bond donors (Lipinski definition) is 1. The smallest absolute Gasteiger partial charge is 0.148 e. The van der Waals surface area contributed by atoms with Crippen molar-refractivity contribution in [2.45, 2.75) is 6.92 Å². The fourth-order valence-corrected chi connectivity index (χ4v) is 1.77. The summed E-state index contributed by atoms with van der Waals surface area (Å²) in [5.41, 5.74) is 7.20. The van der Waals surface area contributed by atoms with Gasteiger partial charge in [0.1, 0.15) is 11.5 Å². The largest absolute Gasteiger partial charge is 0.454 e. The zero-order valence-corrected chi connectivity index (χ0v) is 10.4. The molecule has 0 atom stereocenters. The van der Waals surface area contributed by atoms with Gasteiger partial charge in [0.05, 0.1) is 10.2 Å². The van der Waals surface area contributed by atoms with Crippen LogP contribution in [0.5, 0.6) is 11.5 Å². The third-order valence-electron chi connectivity index (χ3n) is 2.13. The van der Waals surface area contributed by atoms with Gasteiger partial charge >= 0.3 is 0 Å². The van der Waals surface area contributed by atoms with Crippen molar-refractivity contribution in [2.24, 2.45) is 0 Å². The number of benzene rings is 1. The number of aryl methyl sites for hydroxylation is 1. The fraction of sp³-hybridized carbons (Fsp3) is 0.0833. The number of pyridine rings is 1. The minimum absolute atomic E-state index is 0.696. The van der Waals surface area contributed by atoms with Crippen molar-refractivity contribution < 1.29 is 4.74 Å². The molecule has 0 amide bonds. The molecule has 82 valence electrons. The summed E-state index contributed by atoms with van der Waals surface area (Å²) < 4.78 is 6.56. The van der Waals surface area contributed by atoms with Crippen LogP contribution in [-0.2, 0) is 0 Å². The van der Waals surface area contributed by atoms with E-state index in [1.54, 1.807) is 18.3 Å². The maximum Gasteiger partial charge on any atom is 0.148 e. The first-order chi connectivity index (χ1) is 7.66. The summed E-state index contributed by atoms with van der Waals surface area (Å²) in [5.74, 6) is 1.47. The van der Waals surface area contributed by atoms with Crippen LogP contribution in [-0.4, -0.2) is 4.98 Å². The molecule has 0 radical (unpaired) electrons. The van der Waals surface area contributed by atoms with Gasteiger partial charge in [-0.25, -0.2) is 0 Å². The van der Waals surface area contributed by atoms with Crippen LogP contribution in [0.3, 0.4) is 0 Å². The van der Waals surface area contributed by atoms with Gasteiger partial charge in [-0.1, -0.05) is 0 Å². The molecule has 2 aromatic rings. The molecule has 16 heavy (non-hydrogen) atoms. The molecule has 0 aliphatic rings. The number of aromatic nitrogens is 1. The Morgan fingerprint density at radius 1 is 1.25 bits per heavy atom. The number of anilines is 1. The van der Waals surface area contributed by atoms with Crippen LogP contribution < -0.4 is 10.5 Å². The Morgan fingerprint density at radius 2 is 2.06 bits per heavy atom. The van der Waals surface area contributed by atoms with Crippen molar-refractivity contribution in [3.63, 3.8) is 0 Å². The van der Waals surface area contributed by atoms with Crippen LogP contribution in [0.25, 0.3) is 0 Å². The van der Waals surface area contributed by atoms with Crippen LogP contribution >= 0.6 is 15.9 Å². The molecular weight excluding hydrogens is 268 g/mol. The molecule has 0 bridgehead atoms. The number of rotatable bonds is 2. The van der Waals surface area contributed by atoms with E-state index >= 15 is 0 Å². The summed E-state index contributed by atoms with van der Waals surface area (Å²) in [5, 5.41) is 0. The van der Waals surface area contributed by atoms with E-state index in [0.717, 1.165) is 21.7 Å². The minimum Gasteiger partial charge on any atom is -0.454 e. The third kappa shape index (κ3) is 2.33. The van der Waals surface area contributed by atoms with Crippen molar-refractivity contribution >= 4 is 21.6 Å². The van der Waals surface area contributed by atoms with Crippen LogP contribution in [0.2, 0.25) is 0 Å². The number of nitrogen functional groups attached to an aromatic ring is 1. The Hall–Kier alpha value is -1.55. The number of nitrogens with two attached hydrogens (primary N) is 1. The second-order valence-electron chi connectivity index (χ2n) is 3.38. The topological polar surface area (TPSA) is 48.1 Å². The number of nitrogens with zero attached hydrogens (tertiary/aromatic N) is 1. The normalized spacial score (nSPS) is 10.1. The van der Waals surface area contributed by atoms with Gasteiger partial charge in [-0.2, -0.15) is 0 Å². The van der Waals surface area contributed by atoms with E-state index in [4.69, 9.17) is 10.5 Å². The summed E-state index contributed by atoms with van der Waals surface area (Å²) in [6, 6.07) is 9.15. The molecular formula is C12H11BrN2O. The average molecular weight is 279 g/mol. The lowest BCUT2D eigenvalue weighted by molar-refractivity contribution is 0.473. The fourth-order valence-electron chi connectivity index (χ4n) is 1.30. The van der Waals surface area contributed by atoms with E-state index in [1.165, 1.54) is 0 Å². The van der Waals surface area contributed by atoms with E-state index in [0.29, 0.717) is 5.69 Å². The molecule has 0 fully saturated rings. The second-order valence-corrected chi connectivity index (χ2v) is 4.23. The van der Waals surface area contributed by atoms with E-state index < -0.39 is 0 Å². The molecule has 1 heterocycles. The molecule has 0 saturated heterocycles. The first-order valence-electron chi connectivity index (χ1n) is 4.81. The molecule has 1 aromatic heterocycles. The van der Waals surface area contributed by atoms with Crippen molar-refractivity contribution in [1.29, 1.82) is 0 Å². The highest BCUT2D eigenvalue weighted by Crippen LogP contribution is 2.31. The lowest BCUT2D eigenvalue weighted by Gasteiger charge is -2.09. The van der Waals surface area contributed by atoms with Gasteiger partial charge in [0.25, 0.3) is 0 Å². The molecule has 3 nitrogen and oxygen atoms in total. The summed E-state index contributed by atoms with van der Waals surface area (Å²) in [6.45, 7) is 1.90. The zero-order chi connectivity index (χ0) is 11.5. The summed E-state index contributed by atoms with van der Waals surface area (Å²) >= 11 is 3.40. The van der Waals surface area contributed by atoms with Crippen molar-refractivity contribution in [2.75, 3.05) is 5.73 Å². The van der Waals surface area contributed by atoms with Crippen LogP contribution in [0.15, 0.2) is 41.0 Å². The third-order valence-corrected chi connectivity index (χ3v) is 2.75. The number of hydrogen-bond acceptors (Lipinski definition) is 3. The highest BCUT2D eigenvalue weighted by Gasteiger charge is 2.05. The summed E-state index contributed by atoms with van der Waals surface area (Å²) in [7, 11) is 0. The van der Waals surface area contributed by atoms with Crippen LogP contribution in [0, 0.1) is 6.92 Å². The van der Waals surface area contributed by atoms with Gasteiger partial charge in [0.15, 0.2) is 0 Å². The lowest BCUT2D eigenvalue weighted by Crippen LogP contribution is -1.91. The van der Waals surface area contributed by atoms with E-state index in [-0.39, 0.29) is 0 Å². The zero-order valence-electron chi connectivity index (χ0n) is 8.77. The Bertz CT molecular complexity index is 514. The predicted octanol–water partition coefficient (Wildman–Crippen LogP) is 3.53. The van der Waals surface area contributed by atoms with Gasteiger partial charge in [0, 0.05) is 11.9 Å². The molecule has 0 saturated carbocycles. The van der Waals surface area contributed by atoms with Crippen molar-refractivity contribution in [3.8, 4) is 11.5 Å². The van der Waals surface area contributed by atoms with Crippen LogP contribution in [0.4, 0.5) is 5.69 Å². The SMILES string of the molecule is Cc1ncccc1Oc1ccc(N)cc1Br. The minimum atomic E-state index is 0.696. The van der Waals surface area contributed by atoms with Crippen LogP contribution in [0.1, 0.15) is 5.69 Å². The standard InChI is InChI=1S/C12H11BrN2O/c1-8-11(3-2-6-15-8)16-12-5-4-9(14)7-10(12)13/h2-7H,14H2,1H3. The number of halogens is 1. The predicted molar refractivity (Wildman–Crippen MR) is 67.6 cm³/mol. The monoisotopic (exact) mass is 278 g/mol. The van der Waals surface area contributed by atoms with Crippen molar-refractivity contribution in [1.82, 2.24) is 4.98 Å². The second kappa shape index (κ2) is 4.53. The molecule has 0 unspecified atom stereocenters. The molecule has 0 aliphatic carbocycles. The highest BCUT2D eigenvalue weighted by molar-refractivity contribution is 9.10. The average Bonchev–Trinajstić information content (AvgIpc) is 2.25. The van der Waals surface area contributed by atoms with Gasteiger partial charge in [0.2, 0.25) is 0 Å². The van der Waals surface area contributed by atoms with Gasteiger partial charge in [-0.15, -0.1) is 0 Å². The first kappa shape index (κ1) is 11.0. The van der Waals surface area contributed by atoms with Gasteiger partial charge in [-0.05, 0) is 53.2 Å². The Morgan fingerprint density at radius 3 is 2.75 bits per heavy atom. The summed E-state index contributed by atoms with van der Waals surface area (Å²) in [4.78, 5) is 4.16. The lowest BCUT2D eigenvalue weighted by atomic mass is 10.3. The van der Waals surface area contributed by atoms with E-state index in [9.17, 15) is 0 Å². The van der Waals surface area contributed by atoms with Gasteiger partial charge in [-0.3, -0.25) is 4.98 Å². The Kier molecular flexibility index (Phi) is 3.10. The molecule has 0 aliphatic heterocycles. The van der Waals surface area contributed by atoms with E-state index in [1.807, 2.05) is 25.1 Å². The Labute approximate surface area is 102 Å². The molecule has 1 aromatic carbocycles. The highest BCUT2D eigenvalue weighted by atomic mass is 79.9. The molecule has 2 rings (SSSR count).